The normalized spacial score (nSPS) is 10.3. The summed E-state index contributed by atoms with van der Waals surface area (Å²) in [6.45, 7) is 0.558. The maximum absolute atomic E-state index is 12.1. The van der Waals surface area contributed by atoms with Crippen molar-refractivity contribution in [2.45, 2.75) is 0 Å². The minimum atomic E-state index is 0.558. The van der Waals surface area contributed by atoms with Gasteiger partial charge in [-0.3, -0.25) is 4.39 Å². The summed E-state index contributed by atoms with van der Waals surface area (Å²) in [5.41, 5.74) is 0.898. The van der Waals surface area contributed by atoms with Crippen molar-refractivity contribution in [1.82, 2.24) is 4.57 Å². The van der Waals surface area contributed by atoms with Crippen LogP contribution >= 0.6 is 0 Å². The molecule has 0 unspecified atom stereocenters. The number of para-hydroxylation sites is 1. The highest BCUT2D eigenvalue weighted by Crippen LogP contribution is 2.15. The van der Waals surface area contributed by atoms with Crippen LogP contribution in [-0.2, 0) is 0 Å². The van der Waals surface area contributed by atoms with E-state index in [2.05, 4.69) is 0 Å². The molecule has 0 saturated heterocycles. The van der Waals surface area contributed by atoms with Crippen molar-refractivity contribution >= 4 is 10.9 Å². The van der Waals surface area contributed by atoms with Crippen LogP contribution in [0.25, 0.3) is 10.9 Å². The molecule has 0 spiro atoms. The van der Waals surface area contributed by atoms with E-state index in [-0.39, 0.29) is 0 Å². The minimum Gasteiger partial charge on any atom is -0.458 e. The molecule has 2 heteroatoms. The molecular weight excluding hydrogens is 141 g/mol. The van der Waals surface area contributed by atoms with E-state index in [0.29, 0.717) is 6.80 Å². The van der Waals surface area contributed by atoms with Gasteiger partial charge >= 0.3 is 0 Å². The van der Waals surface area contributed by atoms with Gasteiger partial charge in [0, 0.05) is 6.80 Å². The van der Waals surface area contributed by atoms with Crippen molar-refractivity contribution in [3.63, 3.8) is 0 Å². The molecule has 11 heavy (non-hydrogen) atoms. The van der Waals surface area contributed by atoms with Crippen molar-refractivity contribution in [2.75, 3.05) is 0 Å². The summed E-state index contributed by atoms with van der Waals surface area (Å²) in [7, 11) is 0. The topological polar surface area (TPSA) is 4.93 Å². The average molecular weight is 148 g/mol. The lowest BCUT2D eigenvalue weighted by atomic mass is 10.2. The van der Waals surface area contributed by atoms with Crippen LogP contribution in [-0.4, -0.2) is 4.57 Å². The second kappa shape index (κ2) is 2.31. The first-order chi connectivity index (χ1) is 5.42. The zero-order valence-corrected chi connectivity index (χ0v) is 5.87. The molecule has 0 radical (unpaired) electrons. The van der Waals surface area contributed by atoms with Crippen molar-refractivity contribution in [3.05, 3.63) is 43.3 Å². The molecular formula is C9H7FN-. The second-order valence-corrected chi connectivity index (χ2v) is 2.38. The lowest BCUT2D eigenvalue weighted by Crippen LogP contribution is -1.85. The van der Waals surface area contributed by atoms with E-state index >= 15 is 0 Å². The molecule has 1 aromatic heterocycles. The number of rotatable bonds is 1. The smallest absolute Gasteiger partial charge is 0.0482 e. The fourth-order valence-corrected chi connectivity index (χ4v) is 1.19. The molecule has 1 aromatic carbocycles. The molecule has 1 nitrogen and oxygen atoms in total. The first-order valence-corrected chi connectivity index (χ1v) is 3.41. The molecule has 0 amide bonds. The van der Waals surface area contributed by atoms with Gasteiger partial charge in [-0.1, -0.05) is 41.4 Å². The summed E-state index contributed by atoms with van der Waals surface area (Å²) in [5.74, 6) is 0. The molecule has 0 aliphatic heterocycles. The van der Waals surface area contributed by atoms with Gasteiger partial charge in [-0.25, -0.2) is 0 Å². The van der Waals surface area contributed by atoms with Crippen LogP contribution in [0.15, 0.2) is 36.5 Å². The Labute approximate surface area is 64.1 Å². The van der Waals surface area contributed by atoms with Crippen molar-refractivity contribution in [2.24, 2.45) is 0 Å². The molecule has 0 atom stereocenters. The molecule has 0 saturated carbocycles. The van der Waals surface area contributed by atoms with E-state index in [0.717, 1.165) is 10.9 Å². The summed E-state index contributed by atoms with van der Waals surface area (Å²) in [6, 6.07) is 9.54. The molecule has 0 N–H and O–H groups in total. The van der Waals surface area contributed by atoms with Crippen LogP contribution in [0.2, 0.25) is 0 Å². The maximum Gasteiger partial charge on any atom is 0.0482 e. The summed E-state index contributed by atoms with van der Waals surface area (Å²) < 4.78 is 13.6. The maximum atomic E-state index is 12.1. The monoisotopic (exact) mass is 148 g/mol. The molecule has 0 aliphatic carbocycles. The number of aromatic nitrogens is 1. The van der Waals surface area contributed by atoms with Gasteiger partial charge in [0.2, 0.25) is 0 Å². The average Bonchev–Trinajstić information content (AvgIpc) is 2.47. The third-order valence-electron chi connectivity index (χ3n) is 1.73. The number of fused-ring (bicyclic) bond motifs is 1. The first kappa shape index (κ1) is 6.28. The van der Waals surface area contributed by atoms with Gasteiger partial charge in [-0.05, 0) is 0 Å². The van der Waals surface area contributed by atoms with E-state index in [4.69, 9.17) is 0 Å². The van der Waals surface area contributed by atoms with Gasteiger partial charge in [0.15, 0.2) is 0 Å². The third-order valence-corrected chi connectivity index (χ3v) is 1.73. The van der Waals surface area contributed by atoms with E-state index in [9.17, 15) is 4.39 Å². The van der Waals surface area contributed by atoms with Crippen LogP contribution in [0, 0.1) is 6.80 Å². The van der Waals surface area contributed by atoms with E-state index in [1.54, 1.807) is 6.20 Å². The van der Waals surface area contributed by atoms with Crippen LogP contribution in [0.4, 0.5) is 4.39 Å². The summed E-state index contributed by atoms with van der Waals surface area (Å²) in [5, 5.41) is 1.06. The van der Waals surface area contributed by atoms with Gasteiger partial charge in [0.25, 0.3) is 0 Å². The Bertz CT molecular complexity index is 364. The second-order valence-electron chi connectivity index (χ2n) is 2.38. The largest absolute Gasteiger partial charge is 0.458 e. The van der Waals surface area contributed by atoms with E-state index < -0.39 is 0 Å². The number of nitrogens with zero attached hydrogens (tertiary/aromatic N) is 1. The van der Waals surface area contributed by atoms with Crippen LogP contribution < -0.4 is 0 Å². The fraction of sp³-hybridized carbons (Fsp3) is 0. The predicted octanol–water partition coefficient (Wildman–Crippen LogP) is 2.58. The predicted molar refractivity (Wildman–Crippen MR) is 42.7 cm³/mol. The van der Waals surface area contributed by atoms with Crippen molar-refractivity contribution in [1.29, 1.82) is 0 Å². The zero-order chi connectivity index (χ0) is 7.68. The number of benzene rings is 1. The van der Waals surface area contributed by atoms with Gasteiger partial charge in [0.05, 0.1) is 0 Å². The quantitative estimate of drug-likeness (QED) is 0.548. The molecule has 1 heterocycles. The molecule has 2 aromatic rings. The molecule has 2 rings (SSSR count). The van der Waals surface area contributed by atoms with Gasteiger partial charge < -0.3 is 4.57 Å². The highest BCUT2D eigenvalue weighted by Gasteiger charge is 1.87. The van der Waals surface area contributed by atoms with E-state index in [1.807, 2.05) is 30.3 Å². The zero-order valence-electron chi connectivity index (χ0n) is 5.87. The van der Waals surface area contributed by atoms with Crippen LogP contribution in [0.1, 0.15) is 0 Å². The van der Waals surface area contributed by atoms with Crippen molar-refractivity contribution < 1.29 is 4.39 Å². The lowest BCUT2D eigenvalue weighted by molar-refractivity contribution is 0.564. The Balaban J connectivity index is 2.76. The Kier molecular flexibility index (Phi) is 1.32. The molecule has 0 fully saturated rings. The summed E-state index contributed by atoms with van der Waals surface area (Å²) in [6.07, 6.45) is 1.70. The van der Waals surface area contributed by atoms with Gasteiger partial charge in [-0.2, -0.15) is 0 Å². The standard InChI is InChI=1S/C9H7FN/c10-7-11-6-5-8-3-1-2-4-9(8)11/h1-7H/q-1. The molecule has 0 aliphatic rings. The lowest BCUT2D eigenvalue weighted by Gasteiger charge is -2.06. The Morgan fingerprint density at radius 3 is 2.82 bits per heavy atom. The van der Waals surface area contributed by atoms with Gasteiger partial charge in [-0.15, -0.1) is 6.07 Å². The van der Waals surface area contributed by atoms with Crippen LogP contribution in [0.5, 0.6) is 0 Å². The fourth-order valence-electron chi connectivity index (χ4n) is 1.19. The van der Waals surface area contributed by atoms with Crippen molar-refractivity contribution in [3.8, 4) is 0 Å². The third kappa shape index (κ3) is 0.871. The number of hydrogen-bond acceptors (Lipinski definition) is 0. The Morgan fingerprint density at radius 1 is 1.18 bits per heavy atom. The molecule has 56 valence electrons. The number of hydrogen-bond donors (Lipinski definition) is 0. The van der Waals surface area contributed by atoms with Gasteiger partial charge in [0.1, 0.15) is 0 Å². The molecule has 0 bridgehead atoms. The Hall–Kier alpha value is -1.44. The first-order valence-electron chi connectivity index (χ1n) is 3.41. The summed E-state index contributed by atoms with van der Waals surface area (Å²) in [4.78, 5) is 0. The minimum absolute atomic E-state index is 0.558. The number of halogens is 1. The highest BCUT2D eigenvalue weighted by molar-refractivity contribution is 5.80. The Morgan fingerprint density at radius 2 is 2.00 bits per heavy atom. The van der Waals surface area contributed by atoms with E-state index in [1.165, 1.54) is 4.57 Å². The summed E-state index contributed by atoms with van der Waals surface area (Å²) >= 11 is 0. The highest BCUT2D eigenvalue weighted by atomic mass is 19.1. The van der Waals surface area contributed by atoms with Crippen LogP contribution in [0.3, 0.4) is 0 Å². The SMILES string of the molecule is F[CH-]n1ccc2ccccc21.